The number of methoxy groups -OCH3 is 4. The molecule has 0 aliphatic heterocycles. The van der Waals surface area contributed by atoms with Gasteiger partial charge in [-0.3, -0.25) is 0 Å². The second kappa shape index (κ2) is 36.6. The molecule has 0 atom stereocenters. The molecule has 8 amide bonds. The number of pyridine rings is 4. The number of ether oxygens (including phenoxy) is 4. The number of hydrogen-bond acceptors (Lipinski definition) is 20. The second-order valence-corrected chi connectivity index (χ2v) is 32.1. The van der Waals surface area contributed by atoms with Gasteiger partial charge in [0.25, 0.3) is 0 Å². The fourth-order valence-electron chi connectivity index (χ4n) is 15.4. The average molecular weight is 1750 g/mol. The van der Waals surface area contributed by atoms with E-state index in [9.17, 15) is 28.0 Å². The number of rotatable bonds is 20. The molecule has 0 unspecified atom stereocenters. The first-order chi connectivity index (χ1) is 62.9. The lowest BCUT2D eigenvalue weighted by Crippen LogP contribution is -2.20. The molecule has 0 bridgehead atoms. The number of nitrogens with zero attached hydrogens (tertiary/aromatic N) is 12. The number of hydrogen-bond donors (Lipinski definition) is 12. The smallest absolute Gasteiger partial charge is 0.323 e. The summed E-state index contributed by atoms with van der Waals surface area (Å²) in [5, 5.41) is 42.7. The maximum Gasteiger partial charge on any atom is 0.323 e. The standard InChI is InChI=1S/2C24H23FN6O2.2C24H24N6O2/c1-31-23-21(22(26)30-31)19(12-20(29-23)14-3-4-14)13-5-7-16(8-6-13)27-24(32)28-17-9-15(25)10-18(11-17)33-2;1-31-23-21(22(26)30-31)17(12-19(28-23)14-3-4-14)13-5-7-15(8-6-13)27-24(32)29-20-11-16(33-2)9-10-18(20)25;1-30-23-21(22(25)29-30)19(13-20(28-23)15-3-4-15)14-5-7-16(8-6-14)26-24(31)27-17-9-11-18(32-2)12-10-17;1-30-23-21(22(25)29-30)19(13-20(28-23)15-6-7-15)14-8-10-16(11-9-14)26-24(31)27-17-4-3-5-18(12-17)32-2/h5-12,14H,3-4H2,1-2H3,(H2,26,30)(H2,27,28,32);5-12,14H,3-4H2,1-2H3,(H2,26,30)(H2,27,29,32);5-13,15H,3-4H2,1-2H3,(H2,25,29)(H2,26,27,31);3-5,8-13,15H,6-7H2,1-2H3,(H2,25,29)(H2,26,27,31). The van der Waals surface area contributed by atoms with Crippen molar-refractivity contribution in [3.63, 3.8) is 0 Å². The third kappa shape index (κ3) is 19.5. The molecule has 4 saturated carbocycles. The second-order valence-electron chi connectivity index (χ2n) is 32.1. The number of urea groups is 4. The molecule has 0 spiro atoms. The van der Waals surface area contributed by atoms with Crippen molar-refractivity contribution in [1.82, 2.24) is 59.1 Å². The third-order valence-electron chi connectivity index (χ3n) is 22.6. The zero-order valence-corrected chi connectivity index (χ0v) is 72.3. The van der Waals surface area contributed by atoms with Crippen LogP contribution >= 0.6 is 0 Å². The highest BCUT2D eigenvalue weighted by Crippen LogP contribution is 2.48. The van der Waals surface area contributed by atoms with E-state index >= 15 is 0 Å². The zero-order chi connectivity index (χ0) is 90.7. The van der Waals surface area contributed by atoms with Crippen LogP contribution in [0.4, 0.5) is 96.7 Å². The molecule has 8 heterocycles. The van der Waals surface area contributed by atoms with E-state index in [2.05, 4.69) is 87.2 Å². The summed E-state index contributed by atoms with van der Waals surface area (Å²) in [6.07, 6.45) is 9.21. The number of carbonyl (C=O) groups excluding carboxylic acids is 4. The summed E-state index contributed by atoms with van der Waals surface area (Å²) in [7, 11) is 13.5. The number of nitrogens with two attached hydrogens (primary N) is 4. The Morgan fingerprint density at radius 3 is 0.900 bits per heavy atom. The summed E-state index contributed by atoms with van der Waals surface area (Å²) >= 11 is 0. The van der Waals surface area contributed by atoms with E-state index in [1.807, 2.05) is 113 Å². The summed E-state index contributed by atoms with van der Waals surface area (Å²) in [4.78, 5) is 68.6. The van der Waals surface area contributed by atoms with E-state index in [1.165, 1.54) is 50.6 Å². The van der Waals surface area contributed by atoms with Crippen molar-refractivity contribution in [3.05, 3.63) is 241 Å². The molecule has 16 N–H and O–H groups in total. The van der Waals surface area contributed by atoms with Gasteiger partial charge in [0.1, 0.15) is 34.6 Å². The molecular formula is C96H94F2N24O8. The molecule has 4 aliphatic carbocycles. The van der Waals surface area contributed by atoms with Crippen LogP contribution in [-0.4, -0.2) is 112 Å². The number of carbonyl (C=O) groups is 4. The van der Waals surface area contributed by atoms with Crippen LogP contribution in [-0.2, 0) is 28.2 Å². The van der Waals surface area contributed by atoms with Crippen LogP contribution in [0.1, 0.15) is 97.8 Å². The van der Waals surface area contributed by atoms with Gasteiger partial charge in [-0.05, 0) is 223 Å². The van der Waals surface area contributed by atoms with Crippen molar-refractivity contribution < 1.29 is 46.9 Å². The summed E-state index contributed by atoms with van der Waals surface area (Å²) in [6, 6.07) is 59.4. The van der Waals surface area contributed by atoms with Gasteiger partial charge >= 0.3 is 24.1 Å². The van der Waals surface area contributed by atoms with Crippen LogP contribution in [0.5, 0.6) is 23.0 Å². The third-order valence-corrected chi connectivity index (χ3v) is 22.6. The van der Waals surface area contributed by atoms with Crippen molar-refractivity contribution >= 4 is 137 Å². The first-order valence-electron chi connectivity index (χ1n) is 42.1. The van der Waals surface area contributed by atoms with Gasteiger partial charge in [0.15, 0.2) is 45.9 Å². The normalized spacial score (nSPS) is 13.2. The molecular weight excluding hydrogens is 1660 g/mol. The molecule has 4 aliphatic rings. The number of fused-ring (bicyclic) bond motifs is 4. The number of aromatic nitrogens is 12. The van der Waals surface area contributed by atoms with Gasteiger partial charge < -0.3 is 84.4 Å². The molecule has 8 aromatic heterocycles. The lowest BCUT2D eigenvalue weighted by Gasteiger charge is -2.11. The summed E-state index contributed by atoms with van der Waals surface area (Å²) in [6.45, 7) is 0. The number of anilines is 12. The van der Waals surface area contributed by atoms with Gasteiger partial charge in [-0.1, -0.05) is 54.6 Å². The Hall–Kier alpha value is -16.4. The quantitative estimate of drug-likeness (QED) is 0.0337. The monoisotopic (exact) mass is 1750 g/mol. The van der Waals surface area contributed by atoms with Crippen LogP contribution in [0, 0.1) is 11.6 Å². The number of nitrogen functional groups attached to an aromatic ring is 4. The summed E-state index contributed by atoms with van der Waals surface area (Å²) in [5.41, 5.74) is 44.1. The van der Waals surface area contributed by atoms with E-state index in [0.29, 0.717) is 104 Å². The van der Waals surface area contributed by atoms with Crippen LogP contribution in [0.15, 0.2) is 206 Å². The predicted octanol–water partition coefficient (Wildman–Crippen LogP) is 19.3. The van der Waals surface area contributed by atoms with E-state index in [4.69, 9.17) is 61.8 Å². The fraction of sp³-hybridized carbons (Fsp3) is 0.208. The predicted molar refractivity (Wildman–Crippen MR) is 504 cm³/mol. The SMILES string of the molecule is COc1cc(F)cc(NC(=O)Nc2ccc(-c3cc(C4CC4)nc4c3c(N)nn4C)cc2)c1.COc1ccc(F)c(NC(=O)Nc2ccc(-c3cc(C4CC4)nc4c3c(N)nn4C)cc2)c1.COc1ccc(NC(=O)Nc2ccc(-c3cc(C4CC4)nc4c3c(N)nn4C)cc2)cc1.COc1cccc(NC(=O)Nc2ccc(-c3cc(C4CC4)nc4c3c(N)nn4C)cc2)c1. The Bertz CT molecular complexity index is 6990. The zero-order valence-electron chi connectivity index (χ0n) is 72.3. The van der Waals surface area contributed by atoms with Crippen LogP contribution < -0.4 is 84.4 Å². The number of benzene rings is 8. The maximum absolute atomic E-state index is 14.0. The summed E-state index contributed by atoms with van der Waals surface area (Å²) < 4.78 is 54.9. The molecule has 8 aromatic carbocycles. The van der Waals surface area contributed by atoms with Gasteiger partial charge in [0.05, 0.1) is 55.7 Å². The molecule has 20 rings (SSSR count). The minimum Gasteiger partial charge on any atom is -0.497 e. The summed E-state index contributed by atoms with van der Waals surface area (Å²) in [5.74, 6) is 4.89. The minimum absolute atomic E-state index is 0.0299. The van der Waals surface area contributed by atoms with Crippen LogP contribution in [0.3, 0.4) is 0 Å². The number of aryl methyl sites for hydroxylation is 4. The van der Waals surface area contributed by atoms with Gasteiger partial charge in [-0.15, -0.1) is 0 Å². The first kappa shape index (κ1) is 85.7. The largest absolute Gasteiger partial charge is 0.497 e. The van der Waals surface area contributed by atoms with Gasteiger partial charge in [0.2, 0.25) is 0 Å². The van der Waals surface area contributed by atoms with E-state index in [0.717, 1.165) is 169 Å². The lowest BCUT2D eigenvalue weighted by molar-refractivity contribution is 0.261. The maximum atomic E-state index is 14.0. The van der Waals surface area contributed by atoms with Crippen molar-refractivity contribution in [1.29, 1.82) is 0 Å². The highest BCUT2D eigenvalue weighted by molar-refractivity contribution is 6.07. The van der Waals surface area contributed by atoms with Gasteiger partial charge in [-0.25, -0.2) is 66.6 Å². The molecule has 34 heteroatoms. The average Bonchev–Trinajstić information content (AvgIpc) is 1.61. The molecule has 130 heavy (non-hydrogen) atoms. The Balaban J connectivity index is 0.000000121. The van der Waals surface area contributed by atoms with E-state index in [1.54, 1.807) is 93.6 Å². The Morgan fingerprint density at radius 2 is 0.585 bits per heavy atom. The van der Waals surface area contributed by atoms with E-state index in [-0.39, 0.29) is 17.7 Å². The fourth-order valence-corrected chi connectivity index (χ4v) is 15.4. The number of amides is 8. The van der Waals surface area contributed by atoms with Crippen molar-refractivity contribution in [2.45, 2.75) is 75.0 Å². The number of halogens is 2. The number of nitrogens with one attached hydrogen (secondary N) is 8. The Morgan fingerprint density at radius 1 is 0.308 bits per heavy atom. The molecule has 16 aromatic rings. The highest BCUT2D eigenvalue weighted by Gasteiger charge is 2.32. The van der Waals surface area contributed by atoms with Crippen LogP contribution in [0.25, 0.3) is 88.6 Å². The Kier molecular flexibility index (Phi) is 24.2. The molecule has 0 saturated heterocycles. The van der Waals surface area contributed by atoms with Gasteiger partial charge in [0, 0.05) is 139 Å². The molecule has 660 valence electrons. The van der Waals surface area contributed by atoms with Crippen LogP contribution in [0.2, 0.25) is 0 Å². The topological polar surface area (TPSA) is 428 Å². The molecule has 4 fully saturated rings. The molecule has 0 radical (unpaired) electrons. The Labute approximate surface area is 744 Å². The van der Waals surface area contributed by atoms with Crippen molar-refractivity contribution in [2.24, 2.45) is 28.2 Å². The first-order valence-corrected chi connectivity index (χ1v) is 42.1. The molecule has 32 nitrogen and oxygen atoms in total. The van der Waals surface area contributed by atoms with Gasteiger partial charge in [-0.2, -0.15) is 20.4 Å². The van der Waals surface area contributed by atoms with Crippen molar-refractivity contribution in [2.75, 3.05) is 93.9 Å². The lowest BCUT2D eigenvalue weighted by atomic mass is 10.0. The van der Waals surface area contributed by atoms with Crippen molar-refractivity contribution in [3.8, 4) is 67.5 Å². The minimum atomic E-state index is -0.561. The highest BCUT2D eigenvalue weighted by atomic mass is 19.1. The van der Waals surface area contributed by atoms with E-state index < -0.39 is 23.7 Å².